The maximum absolute atomic E-state index is 9.59. The van der Waals surface area contributed by atoms with Crippen molar-refractivity contribution in [2.24, 2.45) is 5.84 Å². The molecule has 0 bridgehead atoms. The molecule has 76 valence electrons. The number of phenolic OH excluding ortho intramolecular Hbond substituents is 1. The van der Waals surface area contributed by atoms with Gasteiger partial charge in [-0.2, -0.15) is 0 Å². The molecule has 1 aromatic carbocycles. The molecule has 0 atom stereocenters. The van der Waals surface area contributed by atoms with E-state index in [1.165, 1.54) is 5.01 Å². The number of benzene rings is 1. The number of nitrogens with zero attached hydrogens (tertiary/aromatic N) is 2. The van der Waals surface area contributed by atoms with E-state index in [-0.39, 0.29) is 5.75 Å². The van der Waals surface area contributed by atoms with Crippen LogP contribution in [0.25, 0.3) is 0 Å². The number of hydrazine groups is 1. The second kappa shape index (κ2) is 3.98. The van der Waals surface area contributed by atoms with Crippen molar-refractivity contribution in [2.75, 3.05) is 5.01 Å². The summed E-state index contributed by atoms with van der Waals surface area (Å²) < 4.78 is 0. The van der Waals surface area contributed by atoms with Crippen molar-refractivity contribution in [1.82, 2.24) is 4.98 Å². The smallest absolute Gasteiger partial charge is 0.147 e. The summed E-state index contributed by atoms with van der Waals surface area (Å²) >= 11 is 0. The van der Waals surface area contributed by atoms with Crippen molar-refractivity contribution in [3.8, 4) is 5.75 Å². The highest BCUT2D eigenvalue weighted by molar-refractivity contribution is 5.64. The van der Waals surface area contributed by atoms with Crippen LogP contribution >= 0.6 is 0 Å². The molecule has 1 aromatic heterocycles. The lowest BCUT2D eigenvalue weighted by atomic mass is 10.3. The molecule has 0 radical (unpaired) electrons. The van der Waals surface area contributed by atoms with Gasteiger partial charge in [0.05, 0.1) is 0 Å². The Hall–Kier alpha value is -2.07. The van der Waals surface area contributed by atoms with Crippen LogP contribution in [0.2, 0.25) is 0 Å². The number of phenols is 1. The van der Waals surface area contributed by atoms with Crippen molar-refractivity contribution in [2.45, 2.75) is 0 Å². The van der Waals surface area contributed by atoms with E-state index in [0.717, 1.165) is 0 Å². The van der Waals surface area contributed by atoms with Gasteiger partial charge in [-0.25, -0.2) is 10.8 Å². The van der Waals surface area contributed by atoms with Gasteiger partial charge in [0.15, 0.2) is 0 Å². The summed E-state index contributed by atoms with van der Waals surface area (Å²) in [6.07, 6.45) is 1.65. The van der Waals surface area contributed by atoms with Crippen molar-refractivity contribution in [3.63, 3.8) is 0 Å². The third-order valence-electron chi connectivity index (χ3n) is 2.04. The minimum Gasteiger partial charge on any atom is -0.506 e. The molecule has 4 nitrogen and oxygen atoms in total. The Morgan fingerprint density at radius 1 is 1.07 bits per heavy atom. The van der Waals surface area contributed by atoms with Gasteiger partial charge in [-0.1, -0.05) is 18.2 Å². The van der Waals surface area contributed by atoms with Gasteiger partial charge >= 0.3 is 0 Å². The number of aromatic hydroxyl groups is 1. The molecule has 0 aliphatic heterocycles. The lowest BCUT2D eigenvalue weighted by Gasteiger charge is -2.18. The Bertz CT molecular complexity index is 445. The summed E-state index contributed by atoms with van der Waals surface area (Å²) in [5.41, 5.74) is 0.524. The van der Waals surface area contributed by atoms with E-state index in [9.17, 15) is 5.11 Å². The van der Waals surface area contributed by atoms with Crippen molar-refractivity contribution in [1.29, 1.82) is 0 Å². The predicted molar refractivity (Wildman–Crippen MR) is 58.7 cm³/mol. The molecular formula is C11H11N3O. The predicted octanol–water partition coefficient (Wildman–Crippen LogP) is 1.80. The number of aromatic nitrogens is 1. The fourth-order valence-corrected chi connectivity index (χ4v) is 1.29. The lowest BCUT2D eigenvalue weighted by molar-refractivity contribution is 0.475. The van der Waals surface area contributed by atoms with Crippen LogP contribution in [0.3, 0.4) is 0 Å². The average Bonchev–Trinajstić information content (AvgIpc) is 2.30. The van der Waals surface area contributed by atoms with Gasteiger partial charge < -0.3 is 5.11 Å². The van der Waals surface area contributed by atoms with E-state index in [1.54, 1.807) is 36.5 Å². The van der Waals surface area contributed by atoms with Crippen molar-refractivity contribution >= 4 is 11.5 Å². The number of para-hydroxylation sites is 2. The Kier molecular flexibility index (Phi) is 2.51. The summed E-state index contributed by atoms with van der Waals surface area (Å²) in [5, 5.41) is 10.9. The molecule has 0 fully saturated rings. The maximum atomic E-state index is 9.59. The largest absolute Gasteiger partial charge is 0.506 e. The van der Waals surface area contributed by atoms with Gasteiger partial charge in [0.25, 0.3) is 0 Å². The number of rotatable bonds is 2. The highest BCUT2D eigenvalue weighted by Gasteiger charge is 2.08. The van der Waals surface area contributed by atoms with E-state index in [4.69, 9.17) is 5.84 Å². The normalized spacial score (nSPS) is 9.93. The number of pyridine rings is 1. The van der Waals surface area contributed by atoms with Gasteiger partial charge in [-0.15, -0.1) is 0 Å². The van der Waals surface area contributed by atoms with E-state index < -0.39 is 0 Å². The van der Waals surface area contributed by atoms with Crippen LogP contribution < -0.4 is 10.9 Å². The second-order valence-corrected chi connectivity index (χ2v) is 3.05. The Morgan fingerprint density at radius 3 is 2.47 bits per heavy atom. The summed E-state index contributed by atoms with van der Waals surface area (Å²) in [5.74, 6) is 6.54. The van der Waals surface area contributed by atoms with Gasteiger partial charge in [-0.3, -0.25) is 5.01 Å². The molecule has 0 unspecified atom stereocenters. The highest BCUT2D eigenvalue weighted by atomic mass is 16.3. The molecule has 0 aliphatic rings. The topological polar surface area (TPSA) is 62.4 Å². The maximum Gasteiger partial charge on any atom is 0.147 e. The minimum absolute atomic E-state index is 0.130. The first-order chi connectivity index (χ1) is 7.29. The van der Waals surface area contributed by atoms with Gasteiger partial charge in [-0.05, 0) is 24.3 Å². The molecule has 1 heterocycles. The first-order valence-electron chi connectivity index (χ1n) is 4.53. The highest BCUT2D eigenvalue weighted by Crippen LogP contribution is 2.28. The minimum atomic E-state index is 0.130. The zero-order valence-corrected chi connectivity index (χ0v) is 8.04. The summed E-state index contributed by atoms with van der Waals surface area (Å²) in [4.78, 5) is 4.09. The molecule has 0 saturated heterocycles. The molecule has 15 heavy (non-hydrogen) atoms. The number of nitrogens with two attached hydrogens (primary N) is 1. The van der Waals surface area contributed by atoms with Crippen LogP contribution in [0.5, 0.6) is 5.75 Å². The van der Waals surface area contributed by atoms with Crippen molar-refractivity contribution in [3.05, 3.63) is 48.7 Å². The monoisotopic (exact) mass is 201 g/mol. The SMILES string of the molecule is NN(c1ccccn1)c1ccccc1O. The number of hydrogen-bond acceptors (Lipinski definition) is 4. The molecule has 0 amide bonds. The molecular weight excluding hydrogens is 190 g/mol. The molecule has 0 saturated carbocycles. The van der Waals surface area contributed by atoms with Gasteiger partial charge in [0, 0.05) is 6.20 Å². The van der Waals surface area contributed by atoms with Gasteiger partial charge in [0.1, 0.15) is 17.3 Å². The number of hydrogen-bond donors (Lipinski definition) is 2. The van der Waals surface area contributed by atoms with Crippen molar-refractivity contribution < 1.29 is 5.11 Å². The van der Waals surface area contributed by atoms with E-state index >= 15 is 0 Å². The zero-order chi connectivity index (χ0) is 10.7. The van der Waals surface area contributed by atoms with Crippen LogP contribution in [0, 0.1) is 0 Å². The quantitative estimate of drug-likeness (QED) is 0.574. The first-order valence-corrected chi connectivity index (χ1v) is 4.53. The average molecular weight is 201 g/mol. The first kappa shape index (κ1) is 9.48. The van der Waals surface area contributed by atoms with Crippen LogP contribution in [0.15, 0.2) is 48.7 Å². The molecule has 2 rings (SSSR count). The Balaban J connectivity index is 2.37. The fraction of sp³-hybridized carbons (Fsp3) is 0. The molecule has 0 spiro atoms. The molecule has 2 aromatic rings. The fourth-order valence-electron chi connectivity index (χ4n) is 1.29. The summed E-state index contributed by atoms with van der Waals surface area (Å²) in [6, 6.07) is 12.3. The Morgan fingerprint density at radius 2 is 1.80 bits per heavy atom. The third kappa shape index (κ3) is 1.89. The Labute approximate surface area is 87.6 Å². The van der Waals surface area contributed by atoms with Crippen LogP contribution in [0.1, 0.15) is 0 Å². The number of anilines is 2. The summed E-state index contributed by atoms with van der Waals surface area (Å²) in [7, 11) is 0. The van der Waals surface area contributed by atoms with Crippen LogP contribution in [-0.2, 0) is 0 Å². The molecule has 4 heteroatoms. The van der Waals surface area contributed by atoms with Crippen LogP contribution in [0.4, 0.5) is 11.5 Å². The lowest BCUT2D eigenvalue weighted by Crippen LogP contribution is -2.25. The van der Waals surface area contributed by atoms with E-state index in [2.05, 4.69) is 4.98 Å². The van der Waals surface area contributed by atoms with Gasteiger partial charge in [0.2, 0.25) is 0 Å². The molecule has 3 N–H and O–H groups in total. The summed E-state index contributed by atoms with van der Waals surface area (Å²) in [6.45, 7) is 0. The van der Waals surface area contributed by atoms with E-state index in [0.29, 0.717) is 11.5 Å². The van der Waals surface area contributed by atoms with Crippen LogP contribution in [-0.4, -0.2) is 10.1 Å². The second-order valence-electron chi connectivity index (χ2n) is 3.05. The van der Waals surface area contributed by atoms with E-state index in [1.807, 2.05) is 12.1 Å². The standard InChI is InChI=1S/C11H11N3O/c12-14(11-7-3-4-8-13-11)9-5-1-2-6-10(9)15/h1-8,15H,12H2. The molecule has 0 aliphatic carbocycles. The zero-order valence-electron chi connectivity index (χ0n) is 8.04. The third-order valence-corrected chi connectivity index (χ3v) is 2.04.